The third-order valence-corrected chi connectivity index (χ3v) is 2.85. The van der Waals surface area contributed by atoms with E-state index < -0.39 is 0 Å². The number of nitrogens with two attached hydrogens (primary N) is 1. The van der Waals surface area contributed by atoms with E-state index in [0.717, 1.165) is 12.0 Å². The van der Waals surface area contributed by atoms with E-state index >= 15 is 0 Å². The van der Waals surface area contributed by atoms with E-state index in [1.54, 1.807) is 33.3 Å². The summed E-state index contributed by atoms with van der Waals surface area (Å²) in [6, 6.07) is 7.32. The molecule has 19 heavy (non-hydrogen) atoms. The number of carbonyl (C=O) groups is 2. The van der Waals surface area contributed by atoms with E-state index in [0.29, 0.717) is 12.1 Å². The van der Waals surface area contributed by atoms with E-state index in [4.69, 9.17) is 5.73 Å². The number of amides is 2. The third-order valence-electron chi connectivity index (χ3n) is 2.85. The number of hydrogen-bond donors (Lipinski definition) is 1. The van der Waals surface area contributed by atoms with Gasteiger partial charge in [-0.15, -0.1) is 0 Å². The van der Waals surface area contributed by atoms with Crippen LogP contribution in [-0.2, 0) is 11.2 Å². The van der Waals surface area contributed by atoms with Crippen LogP contribution >= 0.6 is 0 Å². The fraction of sp³-hybridized carbons (Fsp3) is 0.429. The summed E-state index contributed by atoms with van der Waals surface area (Å²) in [6.07, 6.45) is 0.795. The number of rotatable bonds is 5. The van der Waals surface area contributed by atoms with Gasteiger partial charge in [-0.1, -0.05) is 12.1 Å². The molecule has 104 valence electrons. The molecule has 5 heteroatoms. The Bertz CT molecular complexity index is 441. The molecule has 0 radical (unpaired) electrons. The van der Waals surface area contributed by atoms with E-state index in [2.05, 4.69) is 0 Å². The summed E-state index contributed by atoms with van der Waals surface area (Å²) in [5, 5.41) is 0. The van der Waals surface area contributed by atoms with Gasteiger partial charge in [0.2, 0.25) is 5.91 Å². The van der Waals surface area contributed by atoms with Crippen molar-refractivity contribution >= 4 is 11.8 Å². The Morgan fingerprint density at radius 3 is 2.16 bits per heavy atom. The second-order valence-electron chi connectivity index (χ2n) is 4.68. The highest BCUT2D eigenvalue weighted by molar-refractivity contribution is 5.96. The quantitative estimate of drug-likeness (QED) is 0.833. The summed E-state index contributed by atoms with van der Waals surface area (Å²) < 4.78 is 0. The zero-order chi connectivity index (χ0) is 14.4. The molecule has 0 saturated carbocycles. The molecule has 0 unspecified atom stereocenters. The molecule has 0 spiro atoms. The third kappa shape index (κ3) is 4.37. The van der Waals surface area contributed by atoms with Gasteiger partial charge >= 0.3 is 0 Å². The van der Waals surface area contributed by atoms with Crippen LogP contribution in [0.1, 0.15) is 15.9 Å². The number of hydrogen-bond acceptors (Lipinski definition) is 3. The van der Waals surface area contributed by atoms with Crippen molar-refractivity contribution < 1.29 is 9.59 Å². The maximum absolute atomic E-state index is 12.1. The standard InChI is InChI=1S/C14H21N3O2/c1-16(2)13(18)10-17(3)14(19)12-6-4-11(5-7-12)8-9-15/h4-7H,8-10,15H2,1-3H3. The predicted octanol–water partition coefficient (Wildman–Crippen LogP) is 0.348. The molecule has 1 aromatic carbocycles. The van der Waals surface area contributed by atoms with Crippen LogP contribution in [0, 0.1) is 0 Å². The van der Waals surface area contributed by atoms with Crippen LogP contribution in [0.5, 0.6) is 0 Å². The summed E-state index contributed by atoms with van der Waals surface area (Å²) in [4.78, 5) is 26.5. The first-order chi connectivity index (χ1) is 8.95. The highest BCUT2D eigenvalue weighted by Gasteiger charge is 2.15. The van der Waals surface area contributed by atoms with Crippen molar-refractivity contribution in [2.75, 3.05) is 34.2 Å². The normalized spacial score (nSPS) is 10.1. The monoisotopic (exact) mass is 263 g/mol. The molecular formula is C14H21N3O2. The average Bonchev–Trinajstić information content (AvgIpc) is 2.39. The summed E-state index contributed by atoms with van der Waals surface area (Å²) in [5.74, 6) is -0.259. The Morgan fingerprint density at radius 1 is 1.11 bits per heavy atom. The minimum absolute atomic E-state index is 0.0797. The molecule has 1 aromatic rings. The fourth-order valence-corrected chi connectivity index (χ4v) is 1.62. The first kappa shape index (κ1) is 15.2. The first-order valence-corrected chi connectivity index (χ1v) is 6.20. The molecule has 2 amide bonds. The lowest BCUT2D eigenvalue weighted by Crippen LogP contribution is -2.37. The van der Waals surface area contributed by atoms with Gasteiger partial charge in [-0.25, -0.2) is 0 Å². The molecule has 0 aliphatic rings. The SMILES string of the molecule is CN(C)C(=O)CN(C)C(=O)c1ccc(CCN)cc1. The predicted molar refractivity (Wildman–Crippen MR) is 74.9 cm³/mol. The molecule has 0 bridgehead atoms. The van der Waals surface area contributed by atoms with Crippen LogP contribution in [0.4, 0.5) is 0 Å². The van der Waals surface area contributed by atoms with Crippen molar-refractivity contribution in [2.45, 2.75) is 6.42 Å². The summed E-state index contributed by atoms with van der Waals surface area (Å²) in [6.45, 7) is 0.668. The minimum atomic E-state index is -0.158. The van der Waals surface area contributed by atoms with Gasteiger partial charge in [0, 0.05) is 26.7 Å². The Balaban J connectivity index is 2.68. The molecule has 1 rings (SSSR count). The number of nitrogens with zero attached hydrogens (tertiary/aromatic N) is 2. The Morgan fingerprint density at radius 2 is 1.68 bits per heavy atom. The zero-order valence-electron chi connectivity index (χ0n) is 11.7. The van der Waals surface area contributed by atoms with Crippen LogP contribution in [0.3, 0.4) is 0 Å². The van der Waals surface area contributed by atoms with Crippen molar-refractivity contribution in [1.29, 1.82) is 0 Å². The van der Waals surface area contributed by atoms with Gasteiger partial charge in [0.1, 0.15) is 0 Å². The largest absolute Gasteiger partial charge is 0.347 e. The van der Waals surface area contributed by atoms with Crippen LogP contribution < -0.4 is 5.73 Å². The van der Waals surface area contributed by atoms with E-state index in [-0.39, 0.29) is 18.4 Å². The van der Waals surface area contributed by atoms with Crippen LogP contribution in [0.25, 0.3) is 0 Å². The zero-order valence-corrected chi connectivity index (χ0v) is 11.7. The van der Waals surface area contributed by atoms with Gasteiger partial charge in [-0.05, 0) is 30.7 Å². The summed E-state index contributed by atoms with van der Waals surface area (Å²) in [7, 11) is 4.96. The highest BCUT2D eigenvalue weighted by atomic mass is 16.2. The Labute approximate surface area is 114 Å². The second kappa shape index (κ2) is 6.89. The second-order valence-corrected chi connectivity index (χ2v) is 4.68. The van der Waals surface area contributed by atoms with Gasteiger partial charge in [0.25, 0.3) is 5.91 Å². The number of carbonyl (C=O) groups excluding carboxylic acids is 2. The minimum Gasteiger partial charge on any atom is -0.347 e. The van der Waals surface area contributed by atoms with Crippen molar-refractivity contribution in [3.63, 3.8) is 0 Å². The molecule has 0 atom stereocenters. The maximum atomic E-state index is 12.1. The molecule has 0 saturated heterocycles. The summed E-state index contributed by atoms with van der Waals surface area (Å²) in [5.41, 5.74) is 7.15. The van der Waals surface area contributed by atoms with Gasteiger partial charge < -0.3 is 15.5 Å². The molecule has 0 aromatic heterocycles. The van der Waals surface area contributed by atoms with E-state index in [9.17, 15) is 9.59 Å². The molecular weight excluding hydrogens is 242 g/mol. The lowest BCUT2D eigenvalue weighted by Gasteiger charge is -2.19. The number of benzene rings is 1. The van der Waals surface area contributed by atoms with E-state index in [1.807, 2.05) is 12.1 Å². The highest BCUT2D eigenvalue weighted by Crippen LogP contribution is 2.07. The van der Waals surface area contributed by atoms with Crippen LogP contribution in [0.15, 0.2) is 24.3 Å². The van der Waals surface area contributed by atoms with Crippen molar-refractivity contribution in [3.05, 3.63) is 35.4 Å². The lowest BCUT2D eigenvalue weighted by atomic mass is 10.1. The smallest absolute Gasteiger partial charge is 0.254 e. The van der Waals surface area contributed by atoms with Crippen LogP contribution in [-0.4, -0.2) is 55.8 Å². The van der Waals surface area contributed by atoms with Gasteiger partial charge in [0.15, 0.2) is 0 Å². The molecule has 0 aliphatic heterocycles. The van der Waals surface area contributed by atoms with Crippen molar-refractivity contribution in [2.24, 2.45) is 5.73 Å². The Hall–Kier alpha value is -1.88. The molecule has 0 heterocycles. The first-order valence-electron chi connectivity index (χ1n) is 6.20. The van der Waals surface area contributed by atoms with Gasteiger partial charge in [-0.2, -0.15) is 0 Å². The molecule has 2 N–H and O–H groups in total. The number of likely N-dealkylation sites (N-methyl/N-ethyl adjacent to an activating group) is 2. The fourth-order valence-electron chi connectivity index (χ4n) is 1.62. The average molecular weight is 263 g/mol. The molecule has 0 aliphatic carbocycles. The maximum Gasteiger partial charge on any atom is 0.254 e. The Kier molecular flexibility index (Phi) is 5.51. The van der Waals surface area contributed by atoms with Crippen LogP contribution in [0.2, 0.25) is 0 Å². The van der Waals surface area contributed by atoms with Gasteiger partial charge in [-0.3, -0.25) is 9.59 Å². The van der Waals surface area contributed by atoms with Crippen molar-refractivity contribution in [1.82, 2.24) is 9.80 Å². The van der Waals surface area contributed by atoms with E-state index in [1.165, 1.54) is 9.80 Å². The van der Waals surface area contributed by atoms with Gasteiger partial charge in [0.05, 0.1) is 6.54 Å². The molecule has 5 nitrogen and oxygen atoms in total. The molecule has 0 fully saturated rings. The van der Waals surface area contributed by atoms with Crippen molar-refractivity contribution in [3.8, 4) is 0 Å². The topological polar surface area (TPSA) is 66.6 Å². The summed E-state index contributed by atoms with van der Waals surface area (Å²) >= 11 is 0. The lowest BCUT2D eigenvalue weighted by molar-refractivity contribution is -0.129.